The Morgan fingerprint density at radius 1 is 1.40 bits per heavy atom. The van der Waals surface area contributed by atoms with E-state index in [1.165, 1.54) is 6.42 Å². The van der Waals surface area contributed by atoms with E-state index in [0.717, 1.165) is 37.8 Å². The van der Waals surface area contributed by atoms with Gasteiger partial charge in [0, 0.05) is 13.1 Å². The van der Waals surface area contributed by atoms with Crippen LogP contribution >= 0.6 is 0 Å². The highest BCUT2D eigenvalue weighted by molar-refractivity contribution is 5.80. The molecule has 2 atom stereocenters. The Morgan fingerprint density at radius 2 is 1.93 bits per heavy atom. The maximum absolute atomic E-state index is 11.5. The normalized spacial score (nSPS) is 22.5. The SMILES string of the molecule is CC[C@H](C)C1CCN(C(=O)[C@H](C)O)CC1. The molecule has 1 saturated heterocycles. The van der Waals surface area contributed by atoms with Gasteiger partial charge in [-0.2, -0.15) is 0 Å². The average Bonchev–Trinajstić information content (AvgIpc) is 2.27. The summed E-state index contributed by atoms with van der Waals surface area (Å²) in [6.45, 7) is 7.69. The van der Waals surface area contributed by atoms with Gasteiger partial charge in [-0.1, -0.05) is 20.3 Å². The summed E-state index contributed by atoms with van der Waals surface area (Å²) in [5.74, 6) is 1.40. The number of nitrogens with zero attached hydrogens (tertiary/aromatic N) is 1. The number of carbonyl (C=O) groups excluding carboxylic acids is 1. The van der Waals surface area contributed by atoms with Crippen LogP contribution in [0.4, 0.5) is 0 Å². The Bertz CT molecular complexity index is 208. The molecule has 0 aromatic carbocycles. The van der Waals surface area contributed by atoms with E-state index in [4.69, 9.17) is 0 Å². The molecule has 3 heteroatoms. The summed E-state index contributed by atoms with van der Waals surface area (Å²) in [5, 5.41) is 9.20. The highest BCUT2D eigenvalue weighted by Crippen LogP contribution is 2.26. The van der Waals surface area contributed by atoms with Crippen molar-refractivity contribution in [2.45, 2.75) is 46.1 Å². The van der Waals surface area contributed by atoms with Crippen LogP contribution in [0, 0.1) is 11.8 Å². The molecule has 0 aromatic rings. The lowest BCUT2D eigenvalue weighted by molar-refractivity contribution is -0.140. The minimum absolute atomic E-state index is 0.113. The van der Waals surface area contributed by atoms with Gasteiger partial charge in [-0.25, -0.2) is 0 Å². The molecule has 1 fully saturated rings. The molecule has 1 rings (SSSR count). The van der Waals surface area contributed by atoms with E-state index in [0.29, 0.717) is 0 Å². The third-order valence-corrected chi connectivity index (χ3v) is 3.66. The van der Waals surface area contributed by atoms with Gasteiger partial charge in [-0.05, 0) is 31.6 Å². The second kappa shape index (κ2) is 5.50. The predicted octanol–water partition coefficient (Wildman–Crippen LogP) is 1.65. The third-order valence-electron chi connectivity index (χ3n) is 3.66. The van der Waals surface area contributed by atoms with Crippen LogP contribution in [0.5, 0.6) is 0 Å². The zero-order chi connectivity index (χ0) is 11.4. The molecule has 3 nitrogen and oxygen atoms in total. The Kier molecular flexibility index (Phi) is 4.58. The molecular weight excluding hydrogens is 190 g/mol. The van der Waals surface area contributed by atoms with Crippen LogP contribution in [0.2, 0.25) is 0 Å². The Labute approximate surface area is 92.5 Å². The van der Waals surface area contributed by atoms with Gasteiger partial charge in [0.15, 0.2) is 0 Å². The van der Waals surface area contributed by atoms with Crippen molar-refractivity contribution in [3.63, 3.8) is 0 Å². The van der Waals surface area contributed by atoms with Crippen molar-refractivity contribution in [2.75, 3.05) is 13.1 Å². The van der Waals surface area contributed by atoms with E-state index in [1.54, 1.807) is 11.8 Å². The summed E-state index contributed by atoms with van der Waals surface area (Å²) in [7, 11) is 0. The number of hydrogen-bond donors (Lipinski definition) is 1. The van der Waals surface area contributed by atoms with Crippen molar-refractivity contribution >= 4 is 5.91 Å². The molecule has 1 amide bonds. The van der Waals surface area contributed by atoms with Gasteiger partial charge < -0.3 is 10.0 Å². The molecule has 1 heterocycles. The van der Waals surface area contributed by atoms with Crippen LogP contribution < -0.4 is 0 Å². The fraction of sp³-hybridized carbons (Fsp3) is 0.917. The zero-order valence-corrected chi connectivity index (χ0v) is 10.1. The monoisotopic (exact) mass is 213 g/mol. The molecule has 0 bridgehead atoms. The molecule has 0 aliphatic carbocycles. The van der Waals surface area contributed by atoms with Gasteiger partial charge in [0.1, 0.15) is 6.10 Å². The summed E-state index contributed by atoms with van der Waals surface area (Å²) < 4.78 is 0. The minimum atomic E-state index is -0.842. The van der Waals surface area contributed by atoms with Gasteiger partial charge in [-0.3, -0.25) is 4.79 Å². The lowest BCUT2D eigenvalue weighted by atomic mass is 9.84. The predicted molar refractivity (Wildman–Crippen MR) is 60.4 cm³/mol. The van der Waals surface area contributed by atoms with Crippen molar-refractivity contribution in [1.29, 1.82) is 0 Å². The molecular formula is C12H23NO2. The molecule has 88 valence electrons. The van der Waals surface area contributed by atoms with Gasteiger partial charge in [-0.15, -0.1) is 0 Å². The van der Waals surface area contributed by atoms with Crippen molar-refractivity contribution in [3.05, 3.63) is 0 Å². The van der Waals surface area contributed by atoms with Crippen molar-refractivity contribution in [1.82, 2.24) is 4.90 Å². The topological polar surface area (TPSA) is 40.5 Å². The quantitative estimate of drug-likeness (QED) is 0.774. The van der Waals surface area contributed by atoms with Crippen LogP contribution in [0.3, 0.4) is 0 Å². The Morgan fingerprint density at radius 3 is 2.33 bits per heavy atom. The van der Waals surface area contributed by atoms with Crippen LogP contribution in [0.25, 0.3) is 0 Å². The summed E-state index contributed by atoms with van der Waals surface area (Å²) in [6, 6.07) is 0. The van der Waals surface area contributed by atoms with Crippen LogP contribution in [0.1, 0.15) is 40.0 Å². The molecule has 1 aliphatic rings. The smallest absolute Gasteiger partial charge is 0.251 e. The number of aliphatic hydroxyl groups excluding tert-OH is 1. The largest absolute Gasteiger partial charge is 0.384 e. The number of rotatable bonds is 3. The first-order valence-electron chi connectivity index (χ1n) is 6.03. The maximum atomic E-state index is 11.5. The molecule has 1 aliphatic heterocycles. The summed E-state index contributed by atoms with van der Waals surface area (Å²) in [6.07, 6.45) is 2.56. The molecule has 0 spiro atoms. The van der Waals surface area contributed by atoms with Crippen LogP contribution in [0.15, 0.2) is 0 Å². The van der Waals surface area contributed by atoms with Gasteiger partial charge in [0.25, 0.3) is 5.91 Å². The van der Waals surface area contributed by atoms with E-state index in [1.807, 2.05) is 0 Å². The van der Waals surface area contributed by atoms with Crippen molar-refractivity contribution < 1.29 is 9.90 Å². The molecule has 0 unspecified atom stereocenters. The number of aliphatic hydroxyl groups is 1. The molecule has 0 radical (unpaired) electrons. The first-order chi connectivity index (χ1) is 7.06. The summed E-state index contributed by atoms with van der Waals surface area (Å²) >= 11 is 0. The van der Waals surface area contributed by atoms with E-state index < -0.39 is 6.10 Å². The number of carbonyl (C=O) groups is 1. The first kappa shape index (κ1) is 12.5. The molecule has 0 saturated carbocycles. The third kappa shape index (κ3) is 3.20. The average molecular weight is 213 g/mol. The van der Waals surface area contributed by atoms with E-state index in [-0.39, 0.29) is 5.91 Å². The van der Waals surface area contributed by atoms with Crippen molar-refractivity contribution in [2.24, 2.45) is 11.8 Å². The highest BCUT2D eigenvalue weighted by atomic mass is 16.3. The number of piperidine rings is 1. The van der Waals surface area contributed by atoms with Crippen LogP contribution in [-0.2, 0) is 4.79 Å². The van der Waals surface area contributed by atoms with Gasteiger partial charge in [0.2, 0.25) is 0 Å². The summed E-state index contributed by atoms with van der Waals surface area (Å²) in [4.78, 5) is 13.3. The maximum Gasteiger partial charge on any atom is 0.251 e. The van der Waals surface area contributed by atoms with Crippen LogP contribution in [-0.4, -0.2) is 35.1 Å². The first-order valence-corrected chi connectivity index (χ1v) is 6.03. The highest BCUT2D eigenvalue weighted by Gasteiger charge is 2.26. The Balaban J connectivity index is 2.39. The fourth-order valence-corrected chi connectivity index (χ4v) is 2.29. The minimum Gasteiger partial charge on any atom is -0.384 e. The number of likely N-dealkylation sites (tertiary alicyclic amines) is 1. The van der Waals surface area contributed by atoms with E-state index >= 15 is 0 Å². The zero-order valence-electron chi connectivity index (χ0n) is 10.1. The fourth-order valence-electron chi connectivity index (χ4n) is 2.29. The van der Waals surface area contributed by atoms with Crippen molar-refractivity contribution in [3.8, 4) is 0 Å². The lowest BCUT2D eigenvalue weighted by Gasteiger charge is -2.35. The summed E-state index contributed by atoms with van der Waals surface area (Å²) in [5.41, 5.74) is 0. The van der Waals surface area contributed by atoms with E-state index in [2.05, 4.69) is 13.8 Å². The molecule has 15 heavy (non-hydrogen) atoms. The molecule has 0 aromatic heterocycles. The second-order valence-corrected chi connectivity index (χ2v) is 4.72. The standard InChI is InChI=1S/C12H23NO2/c1-4-9(2)11-5-7-13(8-6-11)12(15)10(3)14/h9-11,14H,4-8H2,1-3H3/t9-,10-/m0/s1. The number of amides is 1. The van der Waals surface area contributed by atoms with Gasteiger partial charge in [0.05, 0.1) is 0 Å². The van der Waals surface area contributed by atoms with Gasteiger partial charge >= 0.3 is 0 Å². The Hall–Kier alpha value is -0.570. The number of hydrogen-bond acceptors (Lipinski definition) is 2. The van der Waals surface area contributed by atoms with E-state index in [9.17, 15) is 9.90 Å². The molecule has 1 N–H and O–H groups in total. The lowest BCUT2D eigenvalue weighted by Crippen LogP contribution is -2.43. The second-order valence-electron chi connectivity index (χ2n) is 4.72.